The molecule has 5 nitrogen and oxygen atoms in total. The van der Waals surface area contributed by atoms with Gasteiger partial charge >= 0.3 is 0 Å². The topological polar surface area (TPSA) is 55.3 Å². The summed E-state index contributed by atoms with van der Waals surface area (Å²) >= 11 is 0. The van der Waals surface area contributed by atoms with Crippen LogP contribution in [-0.4, -0.2) is 39.5 Å². The monoisotopic (exact) mass is 297 g/mol. The zero-order chi connectivity index (χ0) is 15.5. The van der Waals surface area contributed by atoms with E-state index in [4.69, 9.17) is 4.74 Å². The molecule has 0 spiro atoms. The molecule has 0 N–H and O–H groups in total. The number of carbonyl (C=O) groups excluding carboxylic acids is 1. The van der Waals surface area contributed by atoms with Crippen LogP contribution in [0.5, 0.6) is 0 Å². The second-order valence-electron chi connectivity index (χ2n) is 5.56. The molecule has 5 heteroatoms. The first kappa shape index (κ1) is 14.7. The molecule has 3 rings (SSSR count). The zero-order valence-corrected chi connectivity index (χ0v) is 12.7. The predicted molar refractivity (Wildman–Crippen MR) is 82.3 cm³/mol. The Labute approximate surface area is 130 Å². The molecule has 3 atom stereocenters. The second-order valence-corrected chi connectivity index (χ2v) is 5.56. The van der Waals surface area contributed by atoms with Gasteiger partial charge in [-0.1, -0.05) is 30.3 Å². The third-order valence-electron chi connectivity index (χ3n) is 4.01. The molecule has 1 aromatic heterocycles. The number of nitrogens with zero attached hydrogens (tertiary/aromatic N) is 3. The molecular weight excluding hydrogens is 278 g/mol. The molecule has 3 unspecified atom stereocenters. The Bertz CT molecular complexity index is 633. The number of ether oxygens (including phenoxy) is 1. The average molecular weight is 297 g/mol. The molecule has 0 aliphatic carbocycles. The summed E-state index contributed by atoms with van der Waals surface area (Å²) in [6.07, 6.45) is 4.49. The summed E-state index contributed by atoms with van der Waals surface area (Å²) in [4.78, 5) is 22.7. The number of aromatic nitrogens is 2. The first-order valence-corrected chi connectivity index (χ1v) is 7.43. The van der Waals surface area contributed by atoms with Gasteiger partial charge in [0, 0.05) is 12.4 Å². The SMILES string of the molecule is CC1COC(c2ccccc2)C(C)N1C(=O)c1cnccn1. The lowest BCUT2D eigenvalue weighted by Crippen LogP contribution is -2.53. The van der Waals surface area contributed by atoms with Crippen molar-refractivity contribution in [2.45, 2.75) is 32.0 Å². The molecule has 1 saturated heterocycles. The van der Waals surface area contributed by atoms with E-state index in [1.807, 2.05) is 49.1 Å². The van der Waals surface area contributed by atoms with Gasteiger partial charge in [-0.2, -0.15) is 0 Å². The maximum absolute atomic E-state index is 12.8. The van der Waals surface area contributed by atoms with Crippen LogP contribution in [0.15, 0.2) is 48.9 Å². The van der Waals surface area contributed by atoms with Crippen molar-refractivity contribution in [2.24, 2.45) is 0 Å². The Morgan fingerprint density at radius 3 is 2.68 bits per heavy atom. The van der Waals surface area contributed by atoms with Gasteiger partial charge in [-0.15, -0.1) is 0 Å². The van der Waals surface area contributed by atoms with Gasteiger partial charge in [0.15, 0.2) is 0 Å². The predicted octanol–water partition coefficient (Wildman–Crippen LogP) is 2.47. The molecule has 1 aliphatic heterocycles. The summed E-state index contributed by atoms with van der Waals surface area (Å²) in [7, 11) is 0. The van der Waals surface area contributed by atoms with E-state index in [0.29, 0.717) is 12.3 Å². The van der Waals surface area contributed by atoms with E-state index in [1.54, 1.807) is 6.20 Å². The molecule has 1 aliphatic rings. The number of morpholine rings is 1. The van der Waals surface area contributed by atoms with Crippen molar-refractivity contribution in [3.8, 4) is 0 Å². The standard InChI is InChI=1S/C17H19N3O2/c1-12-11-22-16(14-6-4-3-5-7-14)13(2)20(12)17(21)15-10-18-8-9-19-15/h3-10,12-13,16H,11H2,1-2H3. The minimum Gasteiger partial charge on any atom is -0.369 e. The summed E-state index contributed by atoms with van der Waals surface area (Å²) in [6.45, 7) is 4.52. The second kappa shape index (κ2) is 6.23. The van der Waals surface area contributed by atoms with Gasteiger partial charge in [-0.25, -0.2) is 4.98 Å². The molecule has 22 heavy (non-hydrogen) atoms. The average Bonchev–Trinajstić information content (AvgIpc) is 2.56. The van der Waals surface area contributed by atoms with Crippen molar-refractivity contribution in [3.63, 3.8) is 0 Å². The van der Waals surface area contributed by atoms with Gasteiger partial charge in [-0.3, -0.25) is 9.78 Å². The molecule has 0 bridgehead atoms. The number of benzene rings is 1. The summed E-state index contributed by atoms with van der Waals surface area (Å²) in [5.41, 5.74) is 1.45. The van der Waals surface area contributed by atoms with E-state index in [0.717, 1.165) is 5.56 Å². The lowest BCUT2D eigenvalue weighted by atomic mass is 9.98. The Morgan fingerprint density at radius 1 is 1.23 bits per heavy atom. The number of rotatable bonds is 2. The number of hydrogen-bond donors (Lipinski definition) is 0. The van der Waals surface area contributed by atoms with E-state index in [-0.39, 0.29) is 24.1 Å². The molecule has 0 radical (unpaired) electrons. The summed E-state index contributed by atoms with van der Waals surface area (Å²) in [5.74, 6) is -0.0997. The van der Waals surface area contributed by atoms with Crippen LogP contribution in [0, 0.1) is 0 Å². The highest BCUT2D eigenvalue weighted by Gasteiger charge is 2.37. The minimum absolute atomic E-state index is 0.00414. The smallest absolute Gasteiger partial charge is 0.274 e. The van der Waals surface area contributed by atoms with Crippen LogP contribution in [-0.2, 0) is 4.74 Å². The highest BCUT2D eigenvalue weighted by molar-refractivity contribution is 5.92. The number of amides is 1. The van der Waals surface area contributed by atoms with E-state index in [1.165, 1.54) is 12.4 Å². The van der Waals surface area contributed by atoms with E-state index in [9.17, 15) is 4.79 Å². The summed E-state index contributed by atoms with van der Waals surface area (Å²) < 4.78 is 5.97. The molecule has 114 valence electrons. The lowest BCUT2D eigenvalue weighted by molar-refractivity contribution is -0.0808. The van der Waals surface area contributed by atoms with Crippen molar-refractivity contribution >= 4 is 5.91 Å². The fourth-order valence-electron chi connectivity index (χ4n) is 2.95. The molecule has 1 aromatic carbocycles. The first-order valence-electron chi connectivity index (χ1n) is 7.43. The fraction of sp³-hybridized carbons (Fsp3) is 0.353. The van der Waals surface area contributed by atoms with E-state index < -0.39 is 0 Å². The van der Waals surface area contributed by atoms with Crippen LogP contribution in [0.25, 0.3) is 0 Å². The largest absolute Gasteiger partial charge is 0.369 e. The minimum atomic E-state index is -0.127. The highest BCUT2D eigenvalue weighted by atomic mass is 16.5. The van der Waals surface area contributed by atoms with Crippen molar-refractivity contribution in [2.75, 3.05) is 6.61 Å². The Kier molecular flexibility index (Phi) is 4.15. The van der Waals surface area contributed by atoms with E-state index in [2.05, 4.69) is 9.97 Å². The van der Waals surface area contributed by atoms with Crippen LogP contribution >= 0.6 is 0 Å². The Hall–Kier alpha value is -2.27. The lowest BCUT2D eigenvalue weighted by Gasteiger charge is -2.43. The van der Waals surface area contributed by atoms with Crippen LogP contribution in [0.4, 0.5) is 0 Å². The Morgan fingerprint density at radius 2 is 2.00 bits per heavy atom. The van der Waals surface area contributed by atoms with Crippen molar-refractivity contribution in [1.82, 2.24) is 14.9 Å². The van der Waals surface area contributed by atoms with Crippen LogP contribution in [0.1, 0.15) is 36.0 Å². The molecule has 2 heterocycles. The van der Waals surface area contributed by atoms with Gasteiger partial charge < -0.3 is 9.64 Å². The third kappa shape index (κ3) is 2.72. The van der Waals surface area contributed by atoms with E-state index >= 15 is 0 Å². The van der Waals surface area contributed by atoms with Gasteiger partial charge in [-0.05, 0) is 19.4 Å². The molecule has 2 aromatic rings. The van der Waals surface area contributed by atoms with Crippen molar-refractivity contribution < 1.29 is 9.53 Å². The highest BCUT2D eigenvalue weighted by Crippen LogP contribution is 2.31. The Balaban J connectivity index is 1.88. The van der Waals surface area contributed by atoms with Gasteiger partial charge in [0.05, 0.1) is 24.9 Å². The molecule has 1 amide bonds. The maximum Gasteiger partial charge on any atom is 0.274 e. The summed E-state index contributed by atoms with van der Waals surface area (Å²) in [6, 6.07) is 9.94. The first-order chi connectivity index (χ1) is 10.7. The van der Waals surface area contributed by atoms with Crippen LogP contribution < -0.4 is 0 Å². The molecule has 1 fully saturated rings. The molecule has 0 saturated carbocycles. The van der Waals surface area contributed by atoms with Gasteiger partial charge in [0.1, 0.15) is 11.8 Å². The maximum atomic E-state index is 12.8. The van der Waals surface area contributed by atoms with Gasteiger partial charge in [0.2, 0.25) is 0 Å². The number of carbonyl (C=O) groups is 1. The molecular formula is C17H19N3O2. The number of hydrogen-bond acceptors (Lipinski definition) is 4. The fourth-order valence-corrected chi connectivity index (χ4v) is 2.95. The summed E-state index contributed by atoms with van der Waals surface area (Å²) in [5, 5.41) is 0. The quantitative estimate of drug-likeness (QED) is 0.854. The van der Waals surface area contributed by atoms with Crippen LogP contribution in [0.2, 0.25) is 0 Å². The van der Waals surface area contributed by atoms with Crippen LogP contribution in [0.3, 0.4) is 0 Å². The van der Waals surface area contributed by atoms with Crippen molar-refractivity contribution in [3.05, 3.63) is 60.2 Å². The third-order valence-corrected chi connectivity index (χ3v) is 4.01. The zero-order valence-electron chi connectivity index (χ0n) is 12.7. The normalized spacial score (nSPS) is 25.0. The van der Waals surface area contributed by atoms with Crippen molar-refractivity contribution in [1.29, 1.82) is 0 Å². The van der Waals surface area contributed by atoms with Gasteiger partial charge in [0.25, 0.3) is 5.91 Å².